The van der Waals surface area contributed by atoms with E-state index in [2.05, 4.69) is 12.1 Å². The van der Waals surface area contributed by atoms with Gasteiger partial charge in [0.15, 0.2) is 0 Å². The molecular formula is C18H27NO3. The summed E-state index contributed by atoms with van der Waals surface area (Å²) in [5.74, 6) is 0.481. The molecule has 0 aromatic heterocycles. The molecule has 1 aliphatic heterocycles. The standard InChI is InChI=1S/C18H27NO3/c1-18(2,3)22-17(21)19-11-15(16(12-19)13-20)10-9-14-7-5-4-6-8-14/h4-8,15-16,20H,9-13H2,1-3H3. The smallest absolute Gasteiger partial charge is 0.410 e. The van der Waals surface area contributed by atoms with Crippen LogP contribution >= 0.6 is 0 Å². The average molecular weight is 305 g/mol. The van der Waals surface area contributed by atoms with E-state index in [9.17, 15) is 9.90 Å². The van der Waals surface area contributed by atoms with Crippen LogP contribution in [0.2, 0.25) is 0 Å². The number of carbonyl (C=O) groups is 1. The van der Waals surface area contributed by atoms with E-state index in [1.54, 1.807) is 4.90 Å². The topological polar surface area (TPSA) is 49.8 Å². The fraction of sp³-hybridized carbons (Fsp3) is 0.611. The molecule has 1 aromatic carbocycles. The molecule has 4 nitrogen and oxygen atoms in total. The number of rotatable bonds is 4. The summed E-state index contributed by atoms with van der Waals surface area (Å²) in [6.45, 7) is 7.00. The van der Waals surface area contributed by atoms with E-state index in [0.717, 1.165) is 12.8 Å². The van der Waals surface area contributed by atoms with Gasteiger partial charge in [-0.1, -0.05) is 30.3 Å². The highest BCUT2D eigenvalue weighted by Crippen LogP contribution is 2.28. The summed E-state index contributed by atoms with van der Waals surface area (Å²) in [5, 5.41) is 9.59. The van der Waals surface area contributed by atoms with Gasteiger partial charge in [-0.3, -0.25) is 0 Å². The molecule has 1 fully saturated rings. The Kier molecular flexibility index (Phi) is 5.46. The van der Waals surface area contributed by atoms with Crippen molar-refractivity contribution < 1.29 is 14.6 Å². The third-order valence-electron chi connectivity index (χ3n) is 4.11. The summed E-state index contributed by atoms with van der Waals surface area (Å²) >= 11 is 0. The Hall–Kier alpha value is -1.55. The highest BCUT2D eigenvalue weighted by atomic mass is 16.6. The monoisotopic (exact) mass is 305 g/mol. The predicted molar refractivity (Wildman–Crippen MR) is 86.6 cm³/mol. The molecule has 122 valence electrons. The molecule has 0 spiro atoms. The number of aliphatic hydroxyl groups is 1. The molecular weight excluding hydrogens is 278 g/mol. The quantitative estimate of drug-likeness (QED) is 0.930. The highest BCUT2D eigenvalue weighted by molar-refractivity contribution is 5.68. The lowest BCUT2D eigenvalue weighted by atomic mass is 9.91. The molecule has 1 aliphatic rings. The van der Waals surface area contributed by atoms with Crippen molar-refractivity contribution in [3.8, 4) is 0 Å². The van der Waals surface area contributed by atoms with Gasteiger partial charge in [0.2, 0.25) is 0 Å². The summed E-state index contributed by atoms with van der Waals surface area (Å²) in [4.78, 5) is 13.9. The molecule has 2 atom stereocenters. The van der Waals surface area contributed by atoms with Crippen molar-refractivity contribution in [3.05, 3.63) is 35.9 Å². The molecule has 0 bridgehead atoms. The number of amides is 1. The minimum atomic E-state index is -0.478. The van der Waals surface area contributed by atoms with Crippen LogP contribution < -0.4 is 0 Å². The molecule has 1 amide bonds. The van der Waals surface area contributed by atoms with Gasteiger partial charge in [-0.25, -0.2) is 4.79 Å². The van der Waals surface area contributed by atoms with Gasteiger partial charge in [0.25, 0.3) is 0 Å². The van der Waals surface area contributed by atoms with Crippen LogP contribution in [0.5, 0.6) is 0 Å². The molecule has 1 heterocycles. The normalized spacial score (nSPS) is 21.9. The van der Waals surface area contributed by atoms with Crippen LogP contribution in [0.15, 0.2) is 30.3 Å². The maximum atomic E-state index is 12.2. The second kappa shape index (κ2) is 7.14. The number of benzene rings is 1. The van der Waals surface area contributed by atoms with Gasteiger partial charge >= 0.3 is 6.09 Å². The minimum Gasteiger partial charge on any atom is -0.444 e. The molecule has 2 rings (SSSR count). The number of hydrogen-bond acceptors (Lipinski definition) is 3. The van der Waals surface area contributed by atoms with Gasteiger partial charge in [-0.2, -0.15) is 0 Å². The summed E-state index contributed by atoms with van der Waals surface area (Å²) in [6, 6.07) is 10.3. The van der Waals surface area contributed by atoms with Gasteiger partial charge in [-0.15, -0.1) is 0 Å². The molecule has 0 saturated carbocycles. The second-order valence-corrected chi connectivity index (χ2v) is 7.11. The lowest BCUT2D eigenvalue weighted by Crippen LogP contribution is -2.35. The average Bonchev–Trinajstić information content (AvgIpc) is 2.88. The third-order valence-corrected chi connectivity index (χ3v) is 4.11. The van der Waals surface area contributed by atoms with Crippen LogP contribution in [-0.2, 0) is 11.2 Å². The summed E-state index contributed by atoms with van der Waals surface area (Å²) in [5.41, 5.74) is 0.823. The molecule has 0 radical (unpaired) electrons. The van der Waals surface area contributed by atoms with Crippen LogP contribution in [0.25, 0.3) is 0 Å². The van der Waals surface area contributed by atoms with Crippen LogP contribution in [0.1, 0.15) is 32.8 Å². The van der Waals surface area contributed by atoms with Gasteiger partial charge < -0.3 is 14.7 Å². The van der Waals surface area contributed by atoms with E-state index in [4.69, 9.17) is 4.74 Å². The molecule has 2 unspecified atom stereocenters. The van der Waals surface area contributed by atoms with E-state index in [-0.39, 0.29) is 18.6 Å². The zero-order valence-corrected chi connectivity index (χ0v) is 13.8. The zero-order chi connectivity index (χ0) is 16.2. The molecule has 1 aromatic rings. The van der Waals surface area contributed by atoms with Gasteiger partial charge in [0.05, 0.1) is 0 Å². The van der Waals surface area contributed by atoms with E-state index in [1.165, 1.54) is 5.56 Å². The summed E-state index contributed by atoms with van der Waals surface area (Å²) in [7, 11) is 0. The first-order chi connectivity index (χ1) is 10.4. The first kappa shape index (κ1) is 16.8. The lowest BCUT2D eigenvalue weighted by molar-refractivity contribution is 0.0281. The van der Waals surface area contributed by atoms with Crippen molar-refractivity contribution in [3.63, 3.8) is 0 Å². The number of likely N-dealkylation sites (tertiary alicyclic amines) is 1. The molecule has 22 heavy (non-hydrogen) atoms. The van der Waals surface area contributed by atoms with Crippen LogP contribution in [0.4, 0.5) is 4.79 Å². The van der Waals surface area contributed by atoms with Crippen molar-refractivity contribution in [2.75, 3.05) is 19.7 Å². The van der Waals surface area contributed by atoms with Crippen molar-refractivity contribution in [1.82, 2.24) is 4.90 Å². The first-order valence-corrected chi connectivity index (χ1v) is 8.02. The Morgan fingerprint density at radius 1 is 1.23 bits per heavy atom. The maximum absolute atomic E-state index is 12.2. The van der Waals surface area contributed by atoms with Crippen LogP contribution in [0.3, 0.4) is 0 Å². The fourth-order valence-electron chi connectivity index (χ4n) is 2.94. The number of aryl methyl sites for hydroxylation is 1. The fourth-order valence-corrected chi connectivity index (χ4v) is 2.94. The van der Waals surface area contributed by atoms with Gasteiger partial charge in [0, 0.05) is 25.6 Å². The first-order valence-electron chi connectivity index (χ1n) is 8.02. The van der Waals surface area contributed by atoms with E-state index < -0.39 is 5.60 Å². The Bertz CT molecular complexity index is 481. The summed E-state index contributed by atoms with van der Waals surface area (Å²) in [6.07, 6.45) is 1.69. The number of ether oxygens (including phenoxy) is 1. The molecule has 0 aliphatic carbocycles. The van der Waals surface area contributed by atoms with Crippen LogP contribution in [-0.4, -0.2) is 41.4 Å². The Morgan fingerprint density at radius 3 is 2.45 bits per heavy atom. The van der Waals surface area contributed by atoms with E-state index in [0.29, 0.717) is 19.0 Å². The maximum Gasteiger partial charge on any atom is 0.410 e. The Labute approximate surface area is 133 Å². The number of carbonyl (C=O) groups excluding carboxylic acids is 1. The van der Waals surface area contributed by atoms with Crippen LogP contribution in [0, 0.1) is 11.8 Å². The number of hydrogen-bond donors (Lipinski definition) is 1. The Morgan fingerprint density at radius 2 is 1.86 bits per heavy atom. The molecule has 1 N–H and O–H groups in total. The second-order valence-electron chi connectivity index (χ2n) is 7.11. The third kappa shape index (κ3) is 4.73. The zero-order valence-electron chi connectivity index (χ0n) is 13.8. The number of nitrogens with zero attached hydrogens (tertiary/aromatic N) is 1. The Balaban J connectivity index is 1.90. The summed E-state index contributed by atoms with van der Waals surface area (Å²) < 4.78 is 5.43. The van der Waals surface area contributed by atoms with Crippen molar-refractivity contribution in [2.45, 2.75) is 39.2 Å². The SMILES string of the molecule is CC(C)(C)OC(=O)N1CC(CO)C(CCc2ccccc2)C1. The minimum absolute atomic E-state index is 0.124. The lowest BCUT2D eigenvalue weighted by Gasteiger charge is -2.24. The van der Waals surface area contributed by atoms with Crippen molar-refractivity contribution >= 4 is 6.09 Å². The number of aliphatic hydroxyl groups excluding tert-OH is 1. The van der Waals surface area contributed by atoms with Crippen molar-refractivity contribution in [2.24, 2.45) is 11.8 Å². The van der Waals surface area contributed by atoms with Gasteiger partial charge in [-0.05, 0) is 45.1 Å². The predicted octanol–water partition coefficient (Wildman–Crippen LogP) is 3.09. The van der Waals surface area contributed by atoms with Crippen molar-refractivity contribution in [1.29, 1.82) is 0 Å². The molecule has 4 heteroatoms. The van der Waals surface area contributed by atoms with E-state index in [1.807, 2.05) is 39.0 Å². The van der Waals surface area contributed by atoms with E-state index >= 15 is 0 Å². The van der Waals surface area contributed by atoms with Gasteiger partial charge in [0.1, 0.15) is 5.60 Å². The largest absolute Gasteiger partial charge is 0.444 e. The molecule has 1 saturated heterocycles. The highest BCUT2D eigenvalue weighted by Gasteiger charge is 2.36.